The lowest BCUT2D eigenvalue weighted by atomic mass is 10.0. The molecule has 0 amide bonds. The summed E-state index contributed by atoms with van der Waals surface area (Å²) in [6.45, 7) is 5.80. The van der Waals surface area contributed by atoms with Crippen LogP contribution in [0.25, 0.3) is 0 Å². The third-order valence-electron chi connectivity index (χ3n) is 4.76. The van der Waals surface area contributed by atoms with Gasteiger partial charge >= 0.3 is 0 Å². The molecule has 2 fully saturated rings. The molecule has 5 nitrogen and oxygen atoms in total. The number of halogens is 1. The van der Waals surface area contributed by atoms with E-state index < -0.39 is 0 Å². The number of aromatic nitrogens is 1. The van der Waals surface area contributed by atoms with Crippen LogP contribution in [0.3, 0.4) is 0 Å². The van der Waals surface area contributed by atoms with Gasteiger partial charge in [0.15, 0.2) is 5.96 Å². The predicted octanol–water partition coefficient (Wildman–Crippen LogP) is 3.01. The highest BCUT2D eigenvalue weighted by Gasteiger charge is 2.25. The summed E-state index contributed by atoms with van der Waals surface area (Å²) in [5.74, 6) is 5.14. The molecule has 7 heteroatoms. The van der Waals surface area contributed by atoms with Gasteiger partial charge in [0, 0.05) is 38.4 Å². The quantitative estimate of drug-likeness (QED) is 0.606. The monoisotopic (exact) mass is 381 g/mol. The zero-order chi connectivity index (χ0) is 17.5. The summed E-state index contributed by atoms with van der Waals surface area (Å²) < 4.78 is 0. The molecule has 3 heterocycles. The molecule has 1 aromatic heterocycles. The molecular weight excluding hydrogens is 354 g/mol. The lowest BCUT2D eigenvalue weighted by Gasteiger charge is -2.22. The minimum Gasteiger partial charge on any atom is -0.357 e. The Morgan fingerprint density at radius 1 is 1.40 bits per heavy atom. The number of aliphatic imine (C=N–C) groups is 1. The van der Waals surface area contributed by atoms with Crippen molar-refractivity contribution >= 4 is 35.1 Å². The first-order chi connectivity index (χ1) is 12.3. The molecule has 2 saturated heterocycles. The van der Waals surface area contributed by atoms with E-state index in [0.717, 1.165) is 55.3 Å². The number of hydrogen-bond acceptors (Lipinski definition) is 4. The number of nitrogens with zero attached hydrogens (tertiary/aromatic N) is 3. The third-order valence-corrected chi connectivity index (χ3v) is 6.10. The maximum atomic E-state index is 6.28. The van der Waals surface area contributed by atoms with Crippen LogP contribution in [0, 0.1) is 5.92 Å². The van der Waals surface area contributed by atoms with Crippen LogP contribution in [0.1, 0.15) is 26.2 Å². The van der Waals surface area contributed by atoms with Gasteiger partial charge in [0.05, 0.1) is 5.02 Å². The van der Waals surface area contributed by atoms with E-state index in [1.54, 1.807) is 6.20 Å². The maximum Gasteiger partial charge on any atom is 0.191 e. The fourth-order valence-electron chi connectivity index (χ4n) is 3.34. The number of rotatable bonds is 5. The Kier molecular flexibility index (Phi) is 7.11. The molecule has 0 bridgehead atoms. The number of nitrogens with one attached hydrogen (secondary N) is 2. The molecule has 0 saturated carbocycles. The van der Waals surface area contributed by atoms with Crippen LogP contribution >= 0.6 is 23.4 Å². The van der Waals surface area contributed by atoms with Crippen LogP contribution in [0.2, 0.25) is 5.02 Å². The molecule has 2 aliphatic rings. The summed E-state index contributed by atoms with van der Waals surface area (Å²) >= 11 is 8.35. The Hall–Kier alpha value is -1.14. The Bertz CT molecular complexity index is 576. The van der Waals surface area contributed by atoms with Gasteiger partial charge in [0.1, 0.15) is 5.82 Å². The van der Waals surface area contributed by atoms with Gasteiger partial charge in [-0.15, -0.1) is 0 Å². The molecule has 1 unspecified atom stereocenters. The number of pyridine rings is 1. The first-order valence-corrected chi connectivity index (χ1v) is 10.8. The normalized spacial score (nSPS) is 22.2. The standard InChI is InChI=1S/C18H28ClN5S/c1-2-20-18(22-12-14-6-10-25-11-7-14)23-15-5-9-24(13-15)17-16(19)4-3-8-21-17/h3-4,8,14-15H,2,5-7,9-13H2,1H3,(H2,20,22,23). The van der Waals surface area contributed by atoms with E-state index in [4.69, 9.17) is 16.6 Å². The lowest BCUT2D eigenvalue weighted by molar-refractivity contribution is 0.500. The second-order valence-corrected chi connectivity index (χ2v) is 8.29. The van der Waals surface area contributed by atoms with E-state index in [-0.39, 0.29) is 0 Å². The van der Waals surface area contributed by atoms with Crippen molar-refractivity contribution in [2.24, 2.45) is 10.9 Å². The van der Waals surface area contributed by atoms with Crippen LogP contribution in [-0.2, 0) is 0 Å². The van der Waals surface area contributed by atoms with Crippen molar-refractivity contribution in [3.63, 3.8) is 0 Å². The van der Waals surface area contributed by atoms with Crippen molar-refractivity contribution < 1.29 is 0 Å². The summed E-state index contributed by atoms with van der Waals surface area (Å²) in [6, 6.07) is 4.15. The van der Waals surface area contributed by atoms with Gasteiger partial charge in [0.2, 0.25) is 0 Å². The van der Waals surface area contributed by atoms with Gasteiger partial charge in [-0.2, -0.15) is 11.8 Å². The molecule has 0 spiro atoms. The van der Waals surface area contributed by atoms with Crippen LogP contribution in [0.4, 0.5) is 5.82 Å². The summed E-state index contributed by atoms with van der Waals surface area (Å²) in [6.07, 6.45) is 5.46. The van der Waals surface area contributed by atoms with Gasteiger partial charge in [-0.25, -0.2) is 4.98 Å². The second-order valence-electron chi connectivity index (χ2n) is 6.66. The Morgan fingerprint density at radius 3 is 3.00 bits per heavy atom. The number of guanidine groups is 1. The molecule has 138 valence electrons. The van der Waals surface area contributed by atoms with Gasteiger partial charge < -0.3 is 15.5 Å². The minimum atomic E-state index is 0.373. The Balaban J connectivity index is 1.54. The Labute approximate surface area is 160 Å². The molecule has 2 aliphatic heterocycles. The molecule has 0 aromatic carbocycles. The molecule has 1 aromatic rings. The van der Waals surface area contributed by atoms with Crippen molar-refractivity contribution in [1.82, 2.24) is 15.6 Å². The average molecular weight is 382 g/mol. The number of thioether (sulfide) groups is 1. The summed E-state index contributed by atoms with van der Waals surface area (Å²) in [5, 5.41) is 7.71. The highest BCUT2D eigenvalue weighted by molar-refractivity contribution is 7.99. The molecule has 2 N–H and O–H groups in total. The minimum absolute atomic E-state index is 0.373. The molecular formula is C18H28ClN5S. The highest BCUT2D eigenvalue weighted by atomic mass is 35.5. The fraction of sp³-hybridized carbons (Fsp3) is 0.667. The zero-order valence-corrected chi connectivity index (χ0v) is 16.5. The molecule has 3 rings (SSSR count). The molecule has 0 radical (unpaired) electrons. The molecule has 0 aliphatic carbocycles. The van der Waals surface area contributed by atoms with Gasteiger partial charge in [0.25, 0.3) is 0 Å². The fourth-order valence-corrected chi connectivity index (χ4v) is 4.79. The van der Waals surface area contributed by atoms with Crippen molar-refractivity contribution in [3.05, 3.63) is 23.4 Å². The van der Waals surface area contributed by atoms with E-state index in [0.29, 0.717) is 6.04 Å². The van der Waals surface area contributed by atoms with Crippen molar-refractivity contribution in [2.45, 2.75) is 32.2 Å². The zero-order valence-electron chi connectivity index (χ0n) is 14.9. The van der Waals surface area contributed by atoms with Crippen LogP contribution in [0.5, 0.6) is 0 Å². The van der Waals surface area contributed by atoms with Crippen molar-refractivity contribution in [3.8, 4) is 0 Å². The summed E-state index contributed by atoms with van der Waals surface area (Å²) in [5.41, 5.74) is 0. The van der Waals surface area contributed by atoms with Gasteiger partial charge in [-0.1, -0.05) is 11.6 Å². The average Bonchev–Trinajstić information content (AvgIpc) is 3.09. The highest BCUT2D eigenvalue weighted by Crippen LogP contribution is 2.26. The van der Waals surface area contributed by atoms with Crippen LogP contribution in [0.15, 0.2) is 23.3 Å². The largest absolute Gasteiger partial charge is 0.357 e. The SMILES string of the molecule is CCNC(=NCC1CCSCC1)NC1CCN(c2ncccc2Cl)C1. The predicted molar refractivity (Wildman–Crippen MR) is 109 cm³/mol. The first kappa shape index (κ1) is 18.6. The van der Waals surface area contributed by atoms with Crippen LogP contribution < -0.4 is 15.5 Å². The second kappa shape index (κ2) is 9.53. The number of anilines is 1. The van der Waals surface area contributed by atoms with E-state index >= 15 is 0 Å². The maximum absolute atomic E-state index is 6.28. The van der Waals surface area contributed by atoms with Crippen molar-refractivity contribution in [2.75, 3.05) is 42.6 Å². The smallest absolute Gasteiger partial charge is 0.191 e. The van der Waals surface area contributed by atoms with E-state index in [9.17, 15) is 0 Å². The van der Waals surface area contributed by atoms with E-state index in [1.807, 2.05) is 12.1 Å². The van der Waals surface area contributed by atoms with E-state index in [2.05, 4.69) is 39.2 Å². The van der Waals surface area contributed by atoms with Crippen molar-refractivity contribution in [1.29, 1.82) is 0 Å². The lowest BCUT2D eigenvalue weighted by Crippen LogP contribution is -2.45. The molecule has 25 heavy (non-hydrogen) atoms. The topological polar surface area (TPSA) is 52.6 Å². The number of hydrogen-bond donors (Lipinski definition) is 2. The summed E-state index contributed by atoms with van der Waals surface area (Å²) in [4.78, 5) is 11.5. The Morgan fingerprint density at radius 2 is 2.24 bits per heavy atom. The molecule has 1 atom stereocenters. The van der Waals surface area contributed by atoms with Gasteiger partial charge in [-0.3, -0.25) is 4.99 Å². The van der Waals surface area contributed by atoms with E-state index in [1.165, 1.54) is 24.3 Å². The van der Waals surface area contributed by atoms with Crippen LogP contribution in [-0.4, -0.2) is 54.7 Å². The first-order valence-electron chi connectivity index (χ1n) is 9.24. The summed E-state index contributed by atoms with van der Waals surface area (Å²) in [7, 11) is 0. The third kappa shape index (κ3) is 5.42. The van der Waals surface area contributed by atoms with Gasteiger partial charge in [-0.05, 0) is 55.7 Å².